The van der Waals surface area contributed by atoms with Crippen LogP contribution in [0.25, 0.3) is 0 Å². The molecule has 0 bridgehead atoms. The van der Waals surface area contributed by atoms with Crippen LogP contribution in [0.5, 0.6) is 0 Å². The van der Waals surface area contributed by atoms with E-state index in [0.717, 1.165) is 6.07 Å². The van der Waals surface area contributed by atoms with Crippen molar-refractivity contribution >= 4 is 11.8 Å². The van der Waals surface area contributed by atoms with Crippen LogP contribution in [-0.2, 0) is 11.3 Å². The molecule has 8 heteroatoms. The van der Waals surface area contributed by atoms with Crippen molar-refractivity contribution in [3.8, 4) is 0 Å². The number of ether oxygens (including phenoxy) is 1. The van der Waals surface area contributed by atoms with Gasteiger partial charge in [0.05, 0.1) is 12.0 Å². The zero-order valence-electron chi connectivity index (χ0n) is 15.6. The predicted molar refractivity (Wildman–Crippen MR) is 95.0 cm³/mol. The number of methoxy groups -OCH3 is 1. The summed E-state index contributed by atoms with van der Waals surface area (Å²) in [5.74, 6) is -0.794. The number of rotatable bonds is 3. The summed E-state index contributed by atoms with van der Waals surface area (Å²) in [6, 6.07) is 4.16. The molecule has 0 atom stereocenters. The van der Waals surface area contributed by atoms with Crippen molar-refractivity contribution in [3.05, 3.63) is 39.7 Å². The topological polar surface area (TPSA) is 75.9 Å². The third kappa shape index (κ3) is 6.66. The third-order valence-electron chi connectivity index (χ3n) is 3.45. The number of nitro benzene ring substituents is 1. The largest absolute Gasteiger partial charge is 0.453 e. The van der Waals surface area contributed by atoms with Crippen LogP contribution in [0.1, 0.15) is 33.3 Å². The van der Waals surface area contributed by atoms with Gasteiger partial charge in [0.2, 0.25) is 5.82 Å². The average molecular weight is 357 g/mol. The maximum Gasteiger partial charge on any atom is 0.409 e. The molecule has 25 heavy (non-hydrogen) atoms. The van der Waals surface area contributed by atoms with Gasteiger partial charge in [0, 0.05) is 44.4 Å². The van der Waals surface area contributed by atoms with Gasteiger partial charge >= 0.3 is 11.8 Å². The van der Waals surface area contributed by atoms with Crippen molar-refractivity contribution < 1.29 is 18.8 Å². The fourth-order valence-corrected chi connectivity index (χ4v) is 2.29. The SMILES string of the molecule is CC.CC.COC(=O)N1CCN(Cc2cccc([N+](=O)[O-])c2F)CC1. The molecule has 7 nitrogen and oxygen atoms in total. The van der Waals surface area contributed by atoms with Gasteiger partial charge < -0.3 is 9.64 Å². The fourth-order valence-electron chi connectivity index (χ4n) is 2.29. The van der Waals surface area contributed by atoms with E-state index in [9.17, 15) is 19.3 Å². The minimum Gasteiger partial charge on any atom is -0.453 e. The van der Waals surface area contributed by atoms with Gasteiger partial charge in [-0.25, -0.2) is 4.79 Å². The van der Waals surface area contributed by atoms with E-state index in [1.165, 1.54) is 19.2 Å². The molecule has 0 aromatic heterocycles. The highest BCUT2D eigenvalue weighted by Gasteiger charge is 2.24. The maximum absolute atomic E-state index is 14.0. The molecule has 1 amide bonds. The standard InChI is InChI=1S/C13H16FN3O4.2C2H6/c1-21-13(18)16-7-5-15(6-8-16)9-10-3-2-4-11(12(10)14)17(19)20;2*1-2/h2-4H,5-9H2,1H3;2*1-2H3. The Bertz CT molecular complexity index is 547. The monoisotopic (exact) mass is 357 g/mol. The molecule has 142 valence electrons. The zero-order valence-corrected chi connectivity index (χ0v) is 15.6. The molecule has 0 spiro atoms. The van der Waals surface area contributed by atoms with Crippen molar-refractivity contribution in [2.75, 3.05) is 33.3 Å². The van der Waals surface area contributed by atoms with E-state index in [4.69, 9.17) is 0 Å². The Morgan fingerprint density at radius 2 is 1.76 bits per heavy atom. The van der Waals surface area contributed by atoms with Gasteiger partial charge in [-0.3, -0.25) is 15.0 Å². The fraction of sp³-hybridized carbons (Fsp3) is 0.588. The minimum atomic E-state index is -0.794. The quantitative estimate of drug-likeness (QED) is 0.609. The van der Waals surface area contributed by atoms with Gasteiger partial charge in [-0.1, -0.05) is 39.8 Å². The molecule has 1 aliphatic heterocycles. The van der Waals surface area contributed by atoms with Gasteiger partial charge in [0.1, 0.15) is 0 Å². The van der Waals surface area contributed by atoms with Crippen LogP contribution in [0.15, 0.2) is 18.2 Å². The first-order chi connectivity index (χ1) is 12.0. The lowest BCUT2D eigenvalue weighted by atomic mass is 10.1. The summed E-state index contributed by atoms with van der Waals surface area (Å²) in [5, 5.41) is 10.7. The van der Waals surface area contributed by atoms with E-state index in [0.29, 0.717) is 26.2 Å². The van der Waals surface area contributed by atoms with Crippen molar-refractivity contribution in [1.29, 1.82) is 0 Å². The molecule has 1 aliphatic rings. The number of nitro groups is 1. The molecule has 0 N–H and O–H groups in total. The Balaban J connectivity index is 0.00000134. The Morgan fingerprint density at radius 3 is 2.24 bits per heavy atom. The van der Waals surface area contributed by atoms with Gasteiger partial charge in [0.15, 0.2) is 0 Å². The summed E-state index contributed by atoms with van der Waals surface area (Å²) in [4.78, 5) is 24.9. The first-order valence-corrected chi connectivity index (χ1v) is 8.50. The molecular weight excluding hydrogens is 329 g/mol. The van der Waals surface area contributed by atoms with Gasteiger partial charge in [0.25, 0.3) is 0 Å². The van der Waals surface area contributed by atoms with Crippen molar-refractivity contribution in [3.63, 3.8) is 0 Å². The highest BCUT2D eigenvalue weighted by molar-refractivity contribution is 5.67. The molecular formula is C17H28FN3O4. The first kappa shape index (κ1) is 22.8. The van der Waals surface area contributed by atoms with Crippen LogP contribution in [0, 0.1) is 15.9 Å². The number of carbonyl (C=O) groups is 1. The number of benzene rings is 1. The zero-order chi connectivity index (χ0) is 19.4. The molecule has 0 saturated carbocycles. The van der Waals surface area contributed by atoms with Crippen molar-refractivity contribution in [1.82, 2.24) is 9.80 Å². The van der Waals surface area contributed by atoms with E-state index in [2.05, 4.69) is 4.74 Å². The second-order valence-electron chi connectivity index (χ2n) is 4.74. The van der Waals surface area contributed by atoms with Gasteiger partial charge in [-0.15, -0.1) is 0 Å². The molecule has 1 aromatic carbocycles. The number of carbonyl (C=O) groups excluding carboxylic acids is 1. The number of halogens is 1. The van der Waals surface area contributed by atoms with E-state index in [1.54, 1.807) is 4.90 Å². The van der Waals surface area contributed by atoms with Crippen LogP contribution in [0.3, 0.4) is 0 Å². The lowest BCUT2D eigenvalue weighted by molar-refractivity contribution is -0.387. The van der Waals surface area contributed by atoms with E-state index in [-0.39, 0.29) is 18.2 Å². The molecule has 1 saturated heterocycles. The van der Waals surface area contributed by atoms with E-state index in [1.807, 2.05) is 32.6 Å². The normalized spacial score (nSPS) is 13.8. The Labute approximate surface area is 148 Å². The van der Waals surface area contributed by atoms with Crippen LogP contribution in [0.2, 0.25) is 0 Å². The number of amides is 1. The summed E-state index contributed by atoms with van der Waals surface area (Å²) in [7, 11) is 1.33. The lowest BCUT2D eigenvalue weighted by Crippen LogP contribution is -2.48. The van der Waals surface area contributed by atoms with Crippen LogP contribution >= 0.6 is 0 Å². The number of hydrogen-bond donors (Lipinski definition) is 0. The summed E-state index contributed by atoms with van der Waals surface area (Å²) in [6.07, 6.45) is -0.379. The highest BCUT2D eigenvalue weighted by atomic mass is 19.1. The first-order valence-electron chi connectivity index (χ1n) is 8.50. The maximum atomic E-state index is 14.0. The second kappa shape index (κ2) is 12.2. The van der Waals surface area contributed by atoms with Crippen molar-refractivity contribution in [2.45, 2.75) is 34.2 Å². The van der Waals surface area contributed by atoms with Crippen LogP contribution < -0.4 is 0 Å². The molecule has 0 aliphatic carbocycles. The Hall–Kier alpha value is -2.22. The molecule has 0 radical (unpaired) electrons. The van der Waals surface area contributed by atoms with E-state index >= 15 is 0 Å². The summed E-state index contributed by atoms with van der Waals surface area (Å²) >= 11 is 0. The molecule has 0 unspecified atom stereocenters. The highest BCUT2D eigenvalue weighted by Crippen LogP contribution is 2.21. The summed E-state index contributed by atoms with van der Waals surface area (Å²) in [5.41, 5.74) is -0.226. The average Bonchev–Trinajstić information content (AvgIpc) is 2.66. The molecule has 2 rings (SSSR count). The molecule has 1 heterocycles. The number of hydrogen-bond acceptors (Lipinski definition) is 5. The number of piperazine rings is 1. The van der Waals surface area contributed by atoms with Gasteiger partial charge in [-0.2, -0.15) is 4.39 Å². The third-order valence-corrected chi connectivity index (χ3v) is 3.45. The second-order valence-corrected chi connectivity index (χ2v) is 4.74. The van der Waals surface area contributed by atoms with Crippen molar-refractivity contribution in [2.24, 2.45) is 0 Å². The molecule has 1 fully saturated rings. The Kier molecular flexibility index (Phi) is 11.1. The smallest absolute Gasteiger partial charge is 0.409 e. The van der Waals surface area contributed by atoms with Gasteiger partial charge in [-0.05, 0) is 0 Å². The Morgan fingerprint density at radius 1 is 1.20 bits per heavy atom. The summed E-state index contributed by atoms with van der Waals surface area (Å²) < 4.78 is 18.6. The molecule has 1 aromatic rings. The van der Waals surface area contributed by atoms with E-state index < -0.39 is 16.4 Å². The minimum absolute atomic E-state index is 0.280. The number of nitrogens with zero attached hydrogens (tertiary/aromatic N) is 3. The predicted octanol–water partition coefficient (Wildman–Crippen LogP) is 3.67. The lowest BCUT2D eigenvalue weighted by Gasteiger charge is -2.33. The summed E-state index contributed by atoms with van der Waals surface area (Å²) in [6.45, 7) is 10.4. The van der Waals surface area contributed by atoms with Crippen LogP contribution in [-0.4, -0.2) is 54.1 Å². The van der Waals surface area contributed by atoms with Crippen LogP contribution in [0.4, 0.5) is 14.9 Å².